The van der Waals surface area contributed by atoms with Crippen molar-refractivity contribution in [1.29, 1.82) is 0 Å². The largest absolute Gasteiger partial charge is 0.479 e. The second-order valence-corrected chi connectivity index (χ2v) is 5.73. The van der Waals surface area contributed by atoms with Gasteiger partial charge < -0.3 is 15.6 Å². The summed E-state index contributed by atoms with van der Waals surface area (Å²) in [6, 6.07) is 10.2. The number of rotatable bonds is 6. The van der Waals surface area contributed by atoms with Gasteiger partial charge in [0.05, 0.1) is 0 Å². The molecule has 0 bridgehead atoms. The van der Waals surface area contributed by atoms with E-state index in [0.29, 0.717) is 19.4 Å². The fourth-order valence-corrected chi connectivity index (χ4v) is 2.83. The van der Waals surface area contributed by atoms with E-state index >= 15 is 0 Å². The van der Waals surface area contributed by atoms with E-state index in [1.807, 2.05) is 18.2 Å². The summed E-state index contributed by atoms with van der Waals surface area (Å²) in [6.07, 6.45) is 5.05. The Hall–Kier alpha value is -1.39. The molecule has 1 atom stereocenters. The van der Waals surface area contributed by atoms with Crippen LogP contribution in [0.4, 0.5) is 0 Å². The highest BCUT2D eigenvalue weighted by Crippen LogP contribution is 2.32. The lowest BCUT2D eigenvalue weighted by Crippen LogP contribution is -2.65. The molecule has 0 amide bonds. The summed E-state index contributed by atoms with van der Waals surface area (Å²) < 4.78 is 5.80. The molecule has 0 heterocycles. The zero-order valence-corrected chi connectivity index (χ0v) is 11.9. The molecule has 0 radical (unpaired) electrons. The van der Waals surface area contributed by atoms with E-state index in [2.05, 4.69) is 17.9 Å². The third-order valence-electron chi connectivity index (χ3n) is 4.01. The summed E-state index contributed by atoms with van der Waals surface area (Å²) in [5.41, 5.74) is 4.33. The highest BCUT2D eigenvalue weighted by atomic mass is 16.5. The molecule has 1 aromatic carbocycles. The smallest absolute Gasteiger partial charge is 0.335 e. The average molecular weight is 278 g/mol. The van der Waals surface area contributed by atoms with Crippen molar-refractivity contribution in [2.75, 3.05) is 6.61 Å². The molecule has 110 valence electrons. The van der Waals surface area contributed by atoms with Gasteiger partial charge in [0.15, 0.2) is 5.60 Å². The Bertz CT molecular complexity index is 427. The summed E-state index contributed by atoms with van der Waals surface area (Å²) in [4.78, 5) is 11.5. The van der Waals surface area contributed by atoms with Crippen LogP contribution in [0.1, 0.15) is 37.7 Å². The van der Waals surface area contributed by atoms with Crippen LogP contribution in [0.5, 0.6) is 0 Å². The third kappa shape index (κ3) is 3.81. The Morgan fingerprint density at radius 1 is 1.25 bits per heavy atom. The Labute approximate surface area is 119 Å². The highest BCUT2D eigenvalue weighted by molar-refractivity contribution is 5.77. The van der Waals surface area contributed by atoms with Crippen LogP contribution in [0.2, 0.25) is 0 Å². The van der Waals surface area contributed by atoms with Gasteiger partial charge in [-0.05, 0) is 31.2 Å². The number of carboxylic acid groups (broad SMARTS) is 1. The van der Waals surface area contributed by atoms with Crippen molar-refractivity contribution in [2.45, 2.75) is 50.2 Å². The van der Waals surface area contributed by atoms with Gasteiger partial charge in [0, 0.05) is 6.42 Å². The maximum atomic E-state index is 11.5. The molecule has 0 spiro atoms. The minimum Gasteiger partial charge on any atom is -0.479 e. The zero-order valence-electron chi connectivity index (χ0n) is 11.9. The van der Waals surface area contributed by atoms with Crippen molar-refractivity contribution in [3.63, 3.8) is 0 Å². The quantitative estimate of drug-likeness (QED) is 0.830. The Morgan fingerprint density at radius 3 is 2.50 bits per heavy atom. The first-order chi connectivity index (χ1) is 9.62. The van der Waals surface area contributed by atoms with Crippen LogP contribution in [0.25, 0.3) is 0 Å². The molecule has 2 rings (SSSR count). The van der Waals surface area contributed by atoms with E-state index in [9.17, 15) is 9.90 Å². The van der Waals surface area contributed by atoms with Gasteiger partial charge in [0.1, 0.15) is 12.6 Å². The van der Waals surface area contributed by atoms with Crippen LogP contribution >= 0.6 is 0 Å². The topological polar surface area (TPSA) is 74.2 Å². The van der Waals surface area contributed by atoms with E-state index in [1.165, 1.54) is 5.56 Å². The number of benzene rings is 1. The highest BCUT2D eigenvalue weighted by Gasteiger charge is 2.41. The molecule has 0 aromatic heterocycles. The van der Waals surface area contributed by atoms with Crippen molar-refractivity contribution < 1.29 is 20.4 Å². The van der Waals surface area contributed by atoms with Crippen LogP contribution in [0.15, 0.2) is 30.3 Å². The second-order valence-electron chi connectivity index (χ2n) is 5.73. The molecule has 1 aromatic rings. The molecule has 1 saturated carbocycles. The maximum absolute atomic E-state index is 11.5. The third-order valence-corrected chi connectivity index (χ3v) is 4.01. The lowest BCUT2D eigenvalue weighted by Gasteiger charge is -2.33. The van der Waals surface area contributed by atoms with Gasteiger partial charge in [0.2, 0.25) is 0 Å². The fraction of sp³-hybridized carbons (Fsp3) is 0.562. The van der Waals surface area contributed by atoms with Crippen molar-refractivity contribution in [3.05, 3.63) is 35.9 Å². The van der Waals surface area contributed by atoms with E-state index in [0.717, 1.165) is 25.7 Å². The number of aliphatic carboxylic acids is 1. The van der Waals surface area contributed by atoms with Gasteiger partial charge in [0.25, 0.3) is 0 Å². The summed E-state index contributed by atoms with van der Waals surface area (Å²) in [5.74, 6) is -0.816. The van der Waals surface area contributed by atoms with Crippen LogP contribution in [0.3, 0.4) is 0 Å². The summed E-state index contributed by atoms with van der Waals surface area (Å²) in [5, 5.41) is 9.45. The van der Waals surface area contributed by atoms with Crippen LogP contribution in [0, 0.1) is 0 Å². The molecule has 1 aliphatic rings. The van der Waals surface area contributed by atoms with Gasteiger partial charge >= 0.3 is 5.97 Å². The molecular formula is C16H24NO3+. The lowest BCUT2D eigenvalue weighted by molar-refractivity contribution is -0.429. The van der Waals surface area contributed by atoms with Crippen molar-refractivity contribution in [1.82, 2.24) is 0 Å². The minimum absolute atomic E-state index is 0.0792. The van der Waals surface area contributed by atoms with Crippen molar-refractivity contribution in [2.24, 2.45) is 0 Å². The predicted octanol–water partition coefficient (Wildman–Crippen LogP) is 1.64. The van der Waals surface area contributed by atoms with Crippen LogP contribution in [-0.4, -0.2) is 29.3 Å². The molecule has 0 aliphatic heterocycles. The van der Waals surface area contributed by atoms with Gasteiger partial charge in [-0.2, -0.15) is 0 Å². The first-order valence-corrected chi connectivity index (χ1v) is 7.37. The molecular weight excluding hydrogens is 254 g/mol. The molecule has 4 N–H and O–H groups in total. The van der Waals surface area contributed by atoms with Crippen LogP contribution in [-0.2, 0) is 16.0 Å². The van der Waals surface area contributed by atoms with E-state index in [-0.39, 0.29) is 6.04 Å². The minimum atomic E-state index is -0.967. The van der Waals surface area contributed by atoms with Crippen molar-refractivity contribution in [3.8, 4) is 0 Å². The zero-order chi connectivity index (χ0) is 14.4. The summed E-state index contributed by atoms with van der Waals surface area (Å²) in [6.45, 7) is 0.404. The molecule has 1 fully saturated rings. The van der Waals surface area contributed by atoms with Crippen molar-refractivity contribution >= 4 is 5.97 Å². The molecule has 20 heavy (non-hydrogen) atoms. The fourth-order valence-electron chi connectivity index (χ4n) is 2.83. The number of quaternary nitrogens is 1. The normalized spacial score (nSPS) is 19.4. The van der Waals surface area contributed by atoms with E-state index in [4.69, 9.17) is 4.74 Å². The Morgan fingerprint density at radius 2 is 1.90 bits per heavy atom. The van der Waals surface area contributed by atoms with E-state index in [1.54, 1.807) is 0 Å². The molecule has 0 saturated heterocycles. The summed E-state index contributed by atoms with van der Waals surface area (Å²) >= 11 is 0. The number of carboxylic acids is 1. The molecule has 1 unspecified atom stereocenters. The van der Waals surface area contributed by atoms with Gasteiger partial charge in [-0.3, -0.25) is 0 Å². The van der Waals surface area contributed by atoms with Gasteiger partial charge in [-0.25, -0.2) is 4.79 Å². The monoisotopic (exact) mass is 278 g/mol. The molecule has 1 aliphatic carbocycles. The first-order valence-electron chi connectivity index (χ1n) is 7.37. The van der Waals surface area contributed by atoms with Gasteiger partial charge in [-0.15, -0.1) is 0 Å². The van der Waals surface area contributed by atoms with Gasteiger partial charge in [-0.1, -0.05) is 36.8 Å². The van der Waals surface area contributed by atoms with E-state index < -0.39 is 11.6 Å². The Kier molecular flexibility index (Phi) is 5.15. The second kappa shape index (κ2) is 6.86. The number of hydrogen-bond acceptors (Lipinski definition) is 2. The Balaban J connectivity index is 1.87. The lowest BCUT2D eigenvalue weighted by atomic mass is 9.84. The number of ether oxygens (including phenoxy) is 1. The predicted molar refractivity (Wildman–Crippen MR) is 76.2 cm³/mol. The summed E-state index contributed by atoms with van der Waals surface area (Å²) in [7, 11) is 0. The van der Waals surface area contributed by atoms with Crippen LogP contribution < -0.4 is 5.73 Å². The average Bonchev–Trinajstić information content (AvgIpc) is 2.47. The standard InChI is InChI=1S/C16H23NO3/c17-14(11-13-7-3-1-4-8-13)12-20-16(15(18)19)9-5-2-6-10-16/h1,3-4,7-8,14H,2,5-6,9-12,17H2,(H,18,19)/p+1. The SMILES string of the molecule is [NH3+]C(COC1(C(=O)O)CCCCC1)Cc1ccccc1. The molecule has 4 nitrogen and oxygen atoms in total. The number of hydrogen-bond donors (Lipinski definition) is 2. The number of carbonyl (C=O) groups is 1. The maximum Gasteiger partial charge on any atom is 0.335 e. The molecule has 4 heteroatoms. The first kappa shape index (κ1) is 15.0.